The van der Waals surface area contributed by atoms with Crippen LogP contribution < -0.4 is 10.6 Å². The first kappa shape index (κ1) is 23.8. The number of rotatable bonds is 9. The van der Waals surface area contributed by atoms with Gasteiger partial charge in [0.2, 0.25) is 0 Å². The second kappa shape index (κ2) is 12.2. The van der Waals surface area contributed by atoms with E-state index < -0.39 is 0 Å². The lowest BCUT2D eigenvalue weighted by Gasteiger charge is -2.29. The molecule has 1 aliphatic rings. The summed E-state index contributed by atoms with van der Waals surface area (Å²) >= 11 is 0. The molecule has 0 spiro atoms. The third-order valence-electron chi connectivity index (χ3n) is 6.16. The van der Waals surface area contributed by atoms with Crippen LogP contribution in [0.1, 0.15) is 54.2 Å². The van der Waals surface area contributed by atoms with E-state index in [9.17, 15) is 4.79 Å². The molecule has 1 saturated heterocycles. The normalized spacial score (nSPS) is 15.4. The number of aliphatic imine (C=N–C) groups is 1. The molecule has 2 aromatic rings. The molecule has 3 rings (SSSR count). The highest BCUT2D eigenvalue weighted by molar-refractivity contribution is 5.94. The van der Waals surface area contributed by atoms with Crippen molar-refractivity contribution < 1.29 is 4.79 Å². The number of nitrogens with zero attached hydrogens (tertiary/aromatic N) is 3. The van der Waals surface area contributed by atoms with Crippen LogP contribution in [0.3, 0.4) is 0 Å². The van der Waals surface area contributed by atoms with Crippen molar-refractivity contribution in [2.45, 2.75) is 39.3 Å². The Morgan fingerprint density at radius 3 is 2.25 bits per heavy atom. The third-order valence-corrected chi connectivity index (χ3v) is 6.16. The molecule has 1 atom stereocenters. The molecule has 0 bridgehead atoms. The van der Waals surface area contributed by atoms with Crippen molar-refractivity contribution in [3.8, 4) is 0 Å². The Morgan fingerprint density at radius 1 is 1.00 bits per heavy atom. The monoisotopic (exact) mass is 435 g/mol. The first-order valence-electron chi connectivity index (χ1n) is 11.8. The van der Waals surface area contributed by atoms with Crippen molar-refractivity contribution in [1.82, 2.24) is 20.4 Å². The Labute approximate surface area is 192 Å². The van der Waals surface area contributed by atoms with Gasteiger partial charge in [-0.15, -0.1) is 0 Å². The van der Waals surface area contributed by atoms with Crippen LogP contribution in [0, 0.1) is 0 Å². The first-order valence-corrected chi connectivity index (χ1v) is 11.8. The summed E-state index contributed by atoms with van der Waals surface area (Å²) in [4.78, 5) is 21.3. The van der Waals surface area contributed by atoms with E-state index in [1.54, 1.807) is 7.05 Å². The lowest BCUT2D eigenvalue weighted by molar-refractivity contribution is 0.0773. The highest BCUT2D eigenvalue weighted by Crippen LogP contribution is 2.24. The van der Waals surface area contributed by atoms with Crippen LogP contribution in [0.15, 0.2) is 59.6 Å². The molecular formula is C26H37N5O. The van der Waals surface area contributed by atoms with E-state index in [-0.39, 0.29) is 5.91 Å². The zero-order valence-electron chi connectivity index (χ0n) is 19.7. The lowest BCUT2D eigenvalue weighted by Crippen LogP contribution is -2.42. The highest BCUT2D eigenvalue weighted by Gasteiger charge is 2.23. The molecule has 32 heavy (non-hydrogen) atoms. The average Bonchev–Trinajstić information content (AvgIpc) is 3.37. The number of likely N-dealkylation sites (tertiary alicyclic amines) is 1. The van der Waals surface area contributed by atoms with Crippen LogP contribution in [0.2, 0.25) is 0 Å². The number of amides is 1. The van der Waals surface area contributed by atoms with Crippen molar-refractivity contribution in [3.63, 3.8) is 0 Å². The molecule has 2 N–H and O–H groups in total. The molecule has 6 heteroatoms. The topological polar surface area (TPSA) is 60.0 Å². The van der Waals surface area contributed by atoms with Gasteiger partial charge in [-0.2, -0.15) is 0 Å². The molecule has 1 aliphatic heterocycles. The van der Waals surface area contributed by atoms with Gasteiger partial charge in [-0.1, -0.05) is 42.5 Å². The molecular weight excluding hydrogens is 398 g/mol. The number of guanidine groups is 1. The minimum atomic E-state index is 0.0841. The fourth-order valence-electron chi connectivity index (χ4n) is 4.24. The van der Waals surface area contributed by atoms with E-state index in [0.29, 0.717) is 12.6 Å². The van der Waals surface area contributed by atoms with E-state index in [2.05, 4.69) is 50.9 Å². The number of carbonyl (C=O) groups is 1. The van der Waals surface area contributed by atoms with Crippen LogP contribution in [0.25, 0.3) is 0 Å². The number of benzene rings is 2. The van der Waals surface area contributed by atoms with Crippen LogP contribution in [0.5, 0.6) is 0 Å². The van der Waals surface area contributed by atoms with Crippen molar-refractivity contribution in [2.24, 2.45) is 4.99 Å². The summed E-state index contributed by atoms with van der Waals surface area (Å²) in [6.07, 6.45) is 2.53. The zero-order valence-corrected chi connectivity index (χ0v) is 19.7. The first-order chi connectivity index (χ1) is 15.7. The zero-order chi connectivity index (χ0) is 22.8. The van der Waals surface area contributed by atoms with E-state index in [1.165, 1.54) is 18.4 Å². The minimum absolute atomic E-state index is 0.0841. The van der Waals surface area contributed by atoms with Crippen molar-refractivity contribution in [3.05, 3.63) is 71.3 Å². The quantitative estimate of drug-likeness (QED) is 0.466. The predicted octanol–water partition coefficient (Wildman–Crippen LogP) is 3.67. The van der Waals surface area contributed by atoms with Crippen LogP contribution >= 0.6 is 0 Å². The van der Waals surface area contributed by atoms with Gasteiger partial charge >= 0.3 is 0 Å². The molecule has 172 valence electrons. The highest BCUT2D eigenvalue weighted by atomic mass is 16.2. The predicted molar refractivity (Wildman–Crippen MR) is 132 cm³/mol. The number of hydrogen-bond acceptors (Lipinski definition) is 3. The van der Waals surface area contributed by atoms with Gasteiger partial charge in [-0.05, 0) is 63.0 Å². The molecule has 1 heterocycles. The summed E-state index contributed by atoms with van der Waals surface area (Å²) in [5.74, 6) is 0.870. The third kappa shape index (κ3) is 6.33. The van der Waals surface area contributed by atoms with Gasteiger partial charge in [0.05, 0.1) is 6.04 Å². The summed E-state index contributed by atoms with van der Waals surface area (Å²) < 4.78 is 0. The Bertz CT molecular complexity index is 856. The fraction of sp³-hybridized carbons (Fsp3) is 0.462. The van der Waals surface area contributed by atoms with E-state index >= 15 is 0 Å². The maximum atomic E-state index is 12.5. The molecule has 0 radical (unpaired) electrons. The Hall–Kier alpha value is -2.86. The molecule has 6 nitrogen and oxygen atoms in total. The van der Waals surface area contributed by atoms with Gasteiger partial charge in [0.15, 0.2) is 5.96 Å². The SMILES string of the molecule is CCN(CC)C(=O)c1ccc(CNC(=NC)NCC(c2ccccc2)N2CCCC2)cc1. The van der Waals surface area contributed by atoms with Gasteiger partial charge in [-0.3, -0.25) is 14.7 Å². The van der Waals surface area contributed by atoms with E-state index in [1.807, 2.05) is 43.0 Å². The van der Waals surface area contributed by atoms with Crippen molar-refractivity contribution in [1.29, 1.82) is 0 Å². The largest absolute Gasteiger partial charge is 0.354 e. The number of nitrogens with one attached hydrogen (secondary N) is 2. The summed E-state index contributed by atoms with van der Waals surface area (Å²) in [7, 11) is 1.80. The Morgan fingerprint density at radius 2 is 1.66 bits per heavy atom. The number of carbonyl (C=O) groups excluding carboxylic acids is 1. The summed E-state index contributed by atoms with van der Waals surface area (Å²) in [6.45, 7) is 9.20. The maximum absolute atomic E-state index is 12.5. The second-order valence-electron chi connectivity index (χ2n) is 8.15. The van der Waals surface area contributed by atoms with Crippen LogP contribution in [0.4, 0.5) is 0 Å². The summed E-state index contributed by atoms with van der Waals surface area (Å²) in [5, 5.41) is 6.91. The average molecular weight is 436 g/mol. The van der Waals surface area contributed by atoms with Crippen molar-refractivity contribution in [2.75, 3.05) is 39.8 Å². The van der Waals surface area contributed by atoms with Crippen LogP contribution in [-0.2, 0) is 6.54 Å². The molecule has 0 aromatic heterocycles. The molecule has 0 aliphatic carbocycles. The van der Waals surface area contributed by atoms with Gasteiger partial charge in [0, 0.05) is 38.8 Å². The molecule has 1 amide bonds. The summed E-state index contributed by atoms with van der Waals surface area (Å²) in [5.41, 5.74) is 3.19. The summed E-state index contributed by atoms with van der Waals surface area (Å²) in [6, 6.07) is 18.9. The second-order valence-corrected chi connectivity index (χ2v) is 8.15. The van der Waals surface area contributed by atoms with Gasteiger partial charge in [0.25, 0.3) is 5.91 Å². The number of hydrogen-bond donors (Lipinski definition) is 2. The van der Waals surface area contributed by atoms with Gasteiger partial charge in [0.1, 0.15) is 0 Å². The molecule has 0 saturated carbocycles. The molecule has 2 aromatic carbocycles. The Kier molecular flexibility index (Phi) is 9.11. The molecule has 1 unspecified atom stereocenters. The fourth-order valence-corrected chi connectivity index (χ4v) is 4.24. The smallest absolute Gasteiger partial charge is 0.253 e. The van der Waals surface area contributed by atoms with Gasteiger partial charge < -0.3 is 15.5 Å². The van der Waals surface area contributed by atoms with E-state index in [4.69, 9.17) is 0 Å². The van der Waals surface area contributed by atoms with Gasteiger partial charge in [-0.25, -0.2) is 0 Å². The van der Waals surface area contributed by atoms with Crippen molar-refractivity contribution >= 4 is 11.9 Å². The minimum Gasteiger partial charge on any atom is -0.354 e. The standard InChI is InChI=1S/C26H37N5O/c1-4-30(5-2)25(32)23-15-13-21(14-16-23)19-28-26(27-3)29-20-24(31-17-9-10-18-31)22-11-7-6-8-12-22/h6-8,11-16,24H,4-5,9-10,17-20H2,1-3H3,(H2,27,28,29). The lowest BCUT2D eigenvalue weighted by atomic mass is 10.1. The molecule has 1 fully saturated rings. The van der Waals surface area contributed by atoms with Crippen LogP contribution in [-0.4, -0.2) is 61.4 Å². The Balaban J connectivity index is 1.55. The maximum Gasteiger partial charge on any atom is 0.253 e. The van der Waals surface area contributed by atoms with E-state index in [0.717, 1.165) is 49.8 Å².